The van der Waals surface area contributed by atoms with E-state index in [1.54, 1.807) is 7.11 Å². The van der Waals surface area contributed by atoms with Crippen molar-refractivity contribution >= 4 is 11.6 Å². The number of hydrogen-bond donors (Lipinski definition) is 2. The van der Waals surface area contributed by atoms with Crippen molar-refractivity contribution in [2.75, 3.05) is 19.0 Å². The number of carbonyl (C=O) groups is 1. The lowest BCUT2D eigenvalue weighted by Gasteiger charge is -2.11. The van der Waals surface area contributed by atoms with Gasteiger partial charge in [-0.05, 0) is 44.2 Å². The van der Waals surface area contributed by atoms with Crippen LogP contribution in [0.15, 0.2) is 48.5 Å². The van der Waals surface area contributed by atoms with Crippen molar-refractivity contribution in [2.45, 2.75) is 26.5 Å². The van der Waals surface area contributed by atoms with Gasteiger partial charge in [-0.1, -0.05) is 18.2 Å². The number of amides is 1. The molecule has 2 rings (SSSR count). The predicted octanol–water partition coefficient (Wildman–Crippen LogP) is 3.21. The van der Waals surface area contributed by atoms with Crippen LogP contribution in [0.3, 0.4) is 0 Å². The fourth-order valence-electron chi connectivity index (χ4n) is 2.25. The Hall–Kier alpha value is -2.53. The summed E-state index contributed by atoms with van der Waals surface area (Å²) >= 11 is 0. The number of hydrogen-bond acceptors (Lipinski definition) is 4. The topological polar surface area (TPSA) is 59.6 Å². The second kappa shape index (κ2) is 8.93. The van der Waals surface area contributed by atoms with Crippen LogP contribution in [0, 0.1) is 0 Å². The first kappa shape index (κ1) is 17.8. The molecule has 1 amide bonds. The van der Waals surface area contributed by atoms with Crippen molar-refractivity contribution in [2.24, 2.45) is 0 Å². The van der Waals surface area contributed by atoms with Gasteiger partial charge in [0.15, 0.2) is 0 Å². The zero-order valence-electron chi connectivity index (χ0n) is 14.3. The van der Waals surface area contributed by atoms with Crippen molar-refractivity contribution < 1.29 is 14.3 Å². The van der Waals surface area contributed by atoms with Crippen molar-refractivity contribution in [3.63, 3.8) is 0 Å². The van der Waals surface area contributed by atoms with E-state index in [1.165, 1.54) is 0 Å². The summed E-state index contributed by atoms with van der Waals surface area (Å²) < 4.78 is 10.9. The fraction of sp³-hybridized carbons (Fsp3) is 0.316. The number of ether oxygens (including phenoxy) is 2. The van der Waals surface area contributed by atoms with Gasteiger partial charge < -0.3 is 20.1 Å². The zero-order valence-corrected chi connectivity index (χ0v) is 14.3. The number of methoxy groups -OCH3 is 1. The lowest BCUT2D eigenvalue weighted by atomic mass is 10.2. The van der Waals surface area contributed by atoms with Crippen molar-refractivity contribution in [1.29, 1.82) is 0 Å². The van der Waals surface area contributed by atoms with Crippen LogP contribution in [-0.2, 0) is 11.3 Å². The molecule has 2 aromatic rings. The zero-order chi connectivity index (χ0) is 17.4. The summed E-state index contributed by atoms with van der Waals surface area (Å²) in [6, 6.07) is 15.1. The monoisotopic (exact) mass is 328 g/mol. The van der Waals surface area contributed by atoms with E-state index in [2.05, 4.69) is 10.6 Å². The minimum atomic E-state index is -0.0950. The molecular weight excluding hydrogens is 304 g/mol. The van der Waals surface area contributed by atoms with Crippen LogP contribution < -0.4 is 20.1 Å². The third-order valence-electron chi connectivity index (χ3n) is 3.30. The molecule has 24 heavy (non-hydrogen) atoms. The van der Waals surface area contributed by atoms with Gasteiger partial charge in [-0.25, -0.2) is 0 Å². The highest BCUT2D eigenvalue weighted by molar-refractivity contribution is 5.92. The van der Waals surface area contributed by atoms with Gasteiger partial charge >= 0.3 is 0 Å². The highest BCUT2D eigenvalue weighted by Gasteiger charge is 2.05. The van der Waals surface area contributed by atoms with Gasteiger partial charge in [-0.15, -0.1) is 0 Å². The number of para-hydroxylation sites is 1. The average Bonchev–Trinajstić information content (AvgIpc) is 2.56. The Labute approximate surface area is 143 Å². The van der Waals surface area contributed by atoms with Gasteiger partial charge in [-0.2, -0.15) is 0 Å². The first-order valence-corrected chi connectivity index (χ1v) is 7.97. The van der Waals surface area contributed by atoms with Gasteiger partial charge in [0.25, 0.3) is 0 Å². The van der Waals surface area contributed by atoms with Crippen LogP contribution in [0.4, 0.5) is 5.69 Å². The van der Waals surface area contributed by atoms with E-state index in [9.17, 15) is 4.79 Å². The summed E-state index contributed by atoms with van der Waals surface area (Å²) in [5, 5.41) is 5.97. The SMILES string of the molecule is COc1ccccc1CNCC(=O)Nc1ccc(OC(C)C)cc1. The normalized spacial score (nSPS) is 10.5. The molecule has 0 aliphatic carbocycles. The standard InChI is InChI=1S/C19H24N2O3/c1-14(2)24-17-10-8-16(9-11-17)21-19(22)13-20-12-15-6-4-5-7-18(15)23-3/h4-11,14,20H,12-13H2,1-3H3,(H,21,22). The van der Waals surface area contributed by atoms with Gasteiger partial charge in [0, 0.05) is 17.8 Å². The minimum absolute atomic E-state index is 0.0950. The highest BCUT2D eigenvalue weighted by Crippen LogP contribution is 2.17. The van der Waals surface area contributed by atoms with Crippen LogP contribution in [-0.4, -0.2) is 25.7 Å². The first-order valence-electron chi connectivity index (χ1n) is 7.97. The number of carbonyl (C=O) groups excluding carboxylic acids is 1. The maximum Gasteiger partial charge on any atom is 0.238 e. The maximum absolute atomic E-state index is 12.0. The molecule has 2 N–H and O–H groups in total. The summed E-state index contributed by atoms with van der Waals surface area (Å²) in [5.41, 5.74) is 1.76. The molecule has 0 aliphatic rings. The summed E-state index contributed by atoms with van der Waals surface area (Å²) in [4.78, 5) is 12.0. The van der Waals surface area contributed by atoms with E-state index >= 15 is 0 Å². The van der Waals surface area contributed by atoms with Crippen molar-refractivity contribution in [1.82, 2.24) is 5.32 Å². The predicted molar refractivity (Wildman–Crippen MR) is 95.5 cm³/mol. The van der Waals surface area contributed by atoms with Gasteiger partial charge in [-0.3, -0.25) is 4.79 Å². The van der Waals surface area contributed by atoms with E-state index in [0.717, 1.165) is 22.7 Å². The Morgan fingerprint density at radius 3 is 2.46 bits per heavy atom. The van der Waals surface area contributed by atoms with Gasteiger partial charge in [0.05, 0.1) is 19.8 Å². The van der Waals surface area contributed by atoms with Crippen LogP contribution in [0.2, 0.25) is 0 Å². The number of rotatable bonds is 8. The molecule has 0 fully saturated rings. The summed E-state index contributed by atoms with van der Waals surface area (Å²) in [6.07, 6.45) is 0.129. The molecule has 0 radical (unpaired) electrons. The first-order chi connectivity index (χ1) is 11.6. The Morgan fingerprint density at radius 2 is 1.79 bits per heavy atom. The Kier molecular flexibility index (Phi) is 6.63. The smallest absolute Gasteiger partial charge is 0.238 e. The molecule has 0 spiro atoms. The maximum atomic E-state index is 12.0. The van der Waals surface area contributed by atoms with E-state index in [4.69, 9.17) is 9.47 Å². The lowest BCUT2D eigenvalue weighted by molar-refractivity contribution is -0.115. The Bertz CT molecular complexity index is 654. The molecule has 128 valence electrons. The van der Waals surface area contributed by atoms with Crippen LogP contribution >= 0.6 is 0 Å². The molecule has 0 atom stereocenters. The molecule has 0 heterocycles. The molecule has 2 aromatic carbocycles. The second-order valence-corrected chi connectivity index (χ2v) is 5.65. The second-order valence-electron chi connectivity index (χ2n) is 5.65. The molecule has 0 saturated carbocycles. The lowest BCUT2D eigenvalue weighted by Crippen LogP contribution is -2.27. The summed E-state index contributed by atoms with van der Waals surface area (Å²) in [5.74, 6) is 1.51. The number of nitrogens with one attached hydrogen (secondary N) is 2. The van der Waals surface area contributed by atoms with E-state index < -0.39 is 0 Å². The van der Waals surface area contributed by atoms with Crippen molar-refractivity contribution in [3.05, 3.63) is 54.1 Å². The highest BCUT2D eigenvalue weighted by atomic mass is 16.5. The molecule has 0 bridgehead atoms. The largest absolute Gasteiger partial charge is 0.496 e. The summed E-state index contributed by atoms with van der Waals surface area (Å²) in [6.45, 7) is 4.74. The molecule has 0 unspecified atom stereocenters. The third-order valence-corrected chi connectivity index (χ3v) is 3.30. The number of anilines is 1. The molecule has 5 nitrogen and oxygen atoms in total. The van der Waals surface area contributed by atoms with Crippen LogP contribution in [0.5, 0.6) is 11.5 Å². The molecule has 0 saturated heterocycles. The van der Waals surface area contributed by atoms with Crippen molar-refractivity contribution in [3.8, 4) is 11.5 Å². The van der Waals surface area contributed by atoms with E-state index in [-0.39, 0.29) is 18.6 Å². The quantitative estimate of drug-likeness (QED) is 0.781. The molecule has 5 heteroatoms. The Morgan fingerprint density at radius 1 is 1.08 bits per heavy atom. The average molecular weight is 328 g/mol. The van der Waals surface area contributed by atoms with Crippen LogP contribution in [0.25, 0.3) is 0 Å². The molecular formula is C19H24N2O3. The summed E-state index contributed by atoms with van der Waals surface area (Å²) in [7, 11) is 1.64. The van der Waals surface area contributed by atoms with Crippen LogP contribution in [0.1, 0.15) is 19.4 Å². The van der Waals surface area contributed by atoms with E-state index in [0.29, 0.717) is 6.54 Å². The van der Waals surface area contributed by atoms with Gasteiger partial charge in [0.1, 0.15) is 11.5 Å². The molecule has 0 aliphatic heterocycles. The fourth-order valence-corrected chi connectivity index (χ4v) is 2.25. The Balaban J connectivity index is 1.79. The number of benzene rings is 2. The minimum Gasteiger partial charge on any atom is -0.496 e. The van der Waals surface area contributed by atoms with E-state index in [1.807, 2.05) is 62.4 Å². The molecule has 0 aromatic heterocycles. The third kappa shape index (κ3) is 5.59. The van der Waals surface area contributed by atoms with Gasteiger partial charge in [0.2, 0.25) is 5.91 Å².